The molecule has 0 atom stereocenters. The molecule has 20 heavy (non-hydrogen) atoms. The maximum absolute atomic E-state index is 13.2. The van der Waals surface area contributed by atoms with Crippen LogP contribution in [0.2, 0.25) is 0 Å². The van der Waals surface area contributed by atoms with E-state index in [1.807, 2.05) is 6.92 Å². The molecule has 6 heteroatoms. The third-order valence-corrected chi connectivity index (χ3v) is 2.78. The van der Waals surface area contributed by atoms with Crippen LogP contribution in [0.3, 0.4) is 0 Å². The molecule has 5 nitrogen and oxygen atoms in total. The molecule has 1 aromatic carbocycles. The standard InChI is InChI=1S/C14H16FN3O2/c1-3-18(12-6-4-5-11(15)8-12)9-14(19)16-13-7-10(2)20-17-13/h4-8H,3,9H2,1-2H3,(H,16,17,19). The third kappa shape index (κ3) is 3.57. The Bertz CT molecular complexity index is 598. The zero-order valence-electron chi connectivity index (χ0n) is 11.4. The Kier molecular flexibility index (Phi) is 4.34. The normalized spacial score (nSPS) is 10.3. The maximum Gasteiger partial charge on any atom is 0.245 e. The van der Waals surface area contributed by atoms with Crippen molar-refractivity contribution in [1.29, 1.82) is 0 Å². The first kappa shape index (κ1) is 14.0. The molecule has 106 valence electrons. The third-order valence-electron chi connectivity index (χ3n) is 2.78. The van der Waals surface area contributed by atoms with E-state index in [1.165, 1.54) is 12.1 Å². The second-order valence-corrected chi connectivity index (χ2v) is 4.37. The van der Waals surface area contributed by atoms with Gasteiger partial charge in [0.05, 0.1) is 6.54 Å². The molecular weight excluding hydrogens is 261 g/mol. The van der Waals surface area contributed by atoms with E-state index >= 15 is 0 Å². The molecule has 1 heterocycles. The predicted molar refractivity (Wildman–Crippen MR) is 74.2 cm³/mol. The highest BCUT2D eigenvalue weighted by Crippen LogP contribution is 2.15. The summed E-state index contributed by atoms with van der Waals surface area (Å²) < 4.78 is 18.1. The fourth-order valence-electron chi connectivity index (χ4n) is 1.84. The van der Waals surface area contributed by atoms with Crippen molar-refractivity contribution in [3.8, 4) is 0 Å². The highest BCUT2D eigenvalue weighted by molar-refractivity contribution is 5.93. The Hall–Kier alpha value is -2.37. The topological polar surface area (TPSA) is 58.4 Å². The van der Waals surface area contributed by atoms with Crippen molar-refractivity contribution < 1.29 is 13.7 Å². The van der Waals surface area contributed by atoms with Gasteiger partial charge in [0.2, 0.25) is 5.91 Å². The number of hydrogen-bond acceptors (Lipinski definition) is 4. The second-order valence-electron chi connectivity index (χ2n) is 4.37. The lowest BCUT2D eigenvalue weighted by Crippen LogP contribution is -2.33. The van der Waals surface area contributed by atoms with E-state index in [4.69, 9.17) is 4.52 Å². The van der Waals surface area contributed by atoms with E-state index in [0.717, 1.165) is 0 Å². The molecule has 2 aromatic rings. The fourth-order valence-corrected chi connectivity index (χ4v) is 1.84. The molecule has 0 unspecified atom stereocenters. The molecule has 0 aliphatic heterocycles. The van der Waals surface area contributed by atoms with Crippen LogP contribution >= 0.6 is 0 Å². The molecule has 0 saturated heterocycles. The molecule has 1 N–H and O–H groups in total. The first-order valence-electron chi connectivity index (χ1n) is 6.32. The van der Waals surface area contributed by atoms with Crippen LogP contribution in [0.15, 0.2) is 34.9 Å². The van der Waals surface area contributed by atoms with Crippen molar-refractivity contribution in [2.24, 2.45) is 0 Å². The number of carbonyl (C=O) groups excluding carboxylic acids is 1. The quantitative estimate of drug-likeness (QED) is 0.912. The molecule has 0 radical (unpaired) electrons. The minimum Gasteiger partial charge on any atom is -0.362 e. The van der Waals surface area contributed by atoms with Crippen LogP contribution < -0.4 is 10.2 Å². The molecule has 0 aliphatic rings. The molecule has 0 saturated carbocycles. The van der Waals surface area contributed by atoms with E-state index in [1.54, 1.807) is 30.0 Å². The molecule has 0 fully saturated rings. The van der Waals surface area contributed by atoms with E-state index in [2.05, 4.69) is 10.5 Å². The van der Waals surface area contributed by atoms with Gasteiger partial charge < -0.3 is 14.7 Å². The molecule has 1 amide bonds. The number of hydrogen-bond donors (Lipinski definition) is 1. The van der Waals surface area contributed by atoms with Crippen LogP contribution in [0, 0.1) is 12.7 Å². The molecule has 0 bridgehead atoms. The number of benzene rings is 1. The summed E-state index contributed by atoms with van der Waals surface area (Å²) in [6, 6.07) is 7.79. The highest BCUT2D eigenvalue weighted by atomic mass is 19.1. The van der Waals surface area contributed by atoms with Crippen LogP contribution in [0.25, 0.3) is 0 Å². The first-order chi connectivity index (χ1) is 9.58. The second kappa shape index (κ2) is 6.18. The number of halogens is 1. The summed E-state index contributed by atoms with van der Waals surface area (Å²) in [6.45, 7) is 4.35. The monoisotopic (exact) mass is 277 g/mol. The molecular formula is C14H16FN3O2. The number of carbonyl (C=O) groups is 1. The number of nitrogens with one attached hydrogen (secondary N) is 1. The molecule has 0 aliphatic carbocycles. The Morgan fingerprint density at radius 1 is 1.45 bits per heavy atom. The number of aromatic nitrogens is 1. The van der Waals surface area contributed by atoms with Crippen molar-refractivity contribution in [1.82, 2.24) is 5.16 Å². The lowest BCUT2D eigenvalue weighted by atomic mass is 10.2. The van der Waals surface area contributed by atoms with Gasteiger partial charge in [0.1, 0.15) is 11.6 Å². The van der Waals surface area contributed by atoms with Crippen LogP contribution in [0.5, 0.6) is 0 Å². The summed E-state index contributed by atoms with van der Waals surface area (Å²) in [5.41, 5.74) is 0.666. The highest BCUT2D eigenvalue weighted by Gasteiger charge is 2.12. The average Bonchev–Trinajstić information content (AvgIpc) is 2.81. The van der Waals surface area contributed by atoms with Gasteiger partial charge >= 0.3 is 0 Å². The van der Waals surface area contributed by atoms with E-state index in [9.17, 15) is 9.18 Å². The fraction of sp³-hybridized carbons (Fsp3) is 0.286. The van der Waals surface area contributed by atoms with Gasteiger partial charge in [-0.05, 0) is 32.0 Å². The summed E-state index contributed by atoms with van der Waals surface area (Å²) in [5, 5.41) is 6.32. The molecule has 2 rings (SSSR count). The van der Waals surface area contributed by atoms with Crippen LogP contribution in [-0.2, 0) is 4.79 Å². The molecule has 0 spiro atoms. The van der Waals surface area contributed by atoms with Crippen LogP contribution in [-0.4, -0.2) is 24.2 Å². The van der Waals surface area contributed by atoms with E-state index < -0.39 is 0 Å². The summed E-state index contributed by atoms with van der Waals surface area (Å²) in [5.74, 6) is 0.443. The zero-order chi connectivity index (χ0) is 14.5. The van der Waals surface area contributed by atoms with Gasteiger partial charge in [-0.3, -0.25) is 4.79 Å². The van der Waals surface area contributed by atoms with Crippen molar-refractivity contribution in [3.05, 3.63) is 41.9 Å². The van der Waals surface area contributed by atoms with Crippen molar-refractivity contribution in [2.75, 3.05) is 23.3 Å². The number of rotatable bonds is 5. The average molecular weight is 277 g/mol. The van der Waals surface area contributed by atoms with Gasteiger partial charge in [-0.15, -0.1) is 0 Å². The zero-order valence-corrected chi connectivity index (χ0v) is 11.4. The predicted octanol–water partition coefficient (Wildman–Crippen LogP) is 2.59. The summed E-state index contributed by atoms with van der Waals surface area (Å²) >= 11 is 0. The lowest BCUT2D eigenvalue weighted by Gasteiger charge is -2.22. The van der Waals surface area contributed by atoms with Gasteiger partial charge in [-0.2, -0.15) is 0 Å². The number of anilines is 2. The number of amides is 1. The summed E-state index contributed by atoms with van der Waals surface area (Å²) in [4.78, 5) is 13.7. The maximum atomic E-state index is 13.2. The minimum absolute atomic E-state index is 0.117. The Balaban J connectivity index is 2.01. The summed E-state index contributed by atoms with van der Waals surface area (Å²) in [6.07, 6.45) is 0. The SMILES string of the molecule is CCN(CC(=O)Nc1cc(C)on1)c1cccc(F)c1. The van der Waals surface area contributed by atoms with Gasteiger partial charge in [0, 0.05) is 18.3 Å². The van der Waals surface area contributed by atoms with Crippen LogP contribution in [0.1, 0.15) is 12.7 Å². The lowest BCUT2D eigenvalue weighted by molar-refractivity contribution is -0.115. The largest absolute Gasteiger partial charge is 0.362 e. The first-order valence-corrected chi connectivity index (χ1v) is 6.32. The molecule has 1 aromatic heterocycles. The number of likely N-dealkylation sites (N-methyl/N-ethyl adjacent to an activating group) is 1. The minimum atomic E-state index is -0.325. The number of aryl methyl sites for hydroxylation is 1. The van der Waals surface area contributed by atoms with Crippen molar-refractivity contribution in [2.45, 2.75) is 13.8 Å². The Morgan fingerprint density at radius 2 is 2.25 bits per heavy atom. The van der Waals surface area contributed by atoms with E-state index in [0.29, 0.717) is 23.8 Å². The van der Waals surface area contributed by atoms with Gasteiger partial charge in [-0.25, -0.2) is 4.39 Å². The summed E-state index contributed by atoms with van der Waals surface area (Å²) in [7, 11) is 0. The van der Waals surface area contributed by atoms with Gasteiger partial charge in [0.25, 0.3) is 0 Å². The van der Waals surface area contributed by atoms with Gasteiger partial charge in [0.15, 0.2) is 5.82 Å². The van der Waals surface area contributed by atoms with Gasteiger partial charge in [-0.1, -0.05) is 11.2 Å². The smallest absolute Gasteiger partial charge is 0.245 e. The number of nitrogens with zero attached hydrogens (tertiary/aromatic N) is 2. The van der Waals surface area contributed by atoms with E-state index in [-0.39, 0.29) is 18.3 Å². The van der Waals surface area contributed by atoms with Crippen LogP contribution in [0.4, 0.5) is 15.9 Å². The van der Waals surface area contributed by atoms with Crippen molar-refractivity contribution >= 4 is 17.4 Å². The Morgan fingerprint density at radius 3 is 2.85 bits per heavy atom. The van der Waals surface area contributed by atoms with Crippen molar-refractivity contribution in [3.63, 3.8) is 0 Å². The Labute approximate surface area is 116 Å².